The summed E-state index contributed by atoms with van der Waals surface area (Å²) in [7, 11) is 1.35. The summed E-state index contributed by atoms with van der Waals surface area (Å²) in [5.41, 5.74) is 1.71. The van der Waals surface area contributed by atoms with Gasteiger partial charge in [-0.1, -0.05) is 0 Å². The molecule has 1 aromatic heterocycles. The maximum Gasteiger partial charge on any atom is 0.330 e. The molecule has 3 nitrogen and oxygen atoms in total. The molecule has 11 heavy (non-hydrogen) atoms. The zero-order chi connectivity index (χ0) is 8.10. The van der Waals surface area contributed by atoms with Gasteiger partial charge < -0.3 is 4.74 Å². The molecule has 0 N–H and O–H groups in total. The summed E-state index contributed by atoms with van der Waals surface area (Å²) < 4.78 is 4.41. The minimum absolute atomic E-state index is 0.349. The van der Waals surface area contributed by atoms with Crippen molar-refractivity contribution < 1.29 is 9.53 Å². The van der Waals surface area contributed by atoms with E-state index >= 15 is 0 Å². The van der Waals surface area contributed by atoms with Crippen molar-refractivity contribution >= 4 is 23.4 Å². The van der Waals surface area contributed by atoms with Crippen molar-refractivity contribution in [1.29, 1.82) is 0 Å². The topological polar surface area (TPSA) is 39.2 Å². The number of nitrogens with zero attached hydrogens (tertiary/aromatic N) is 1. The first-order chi connectivity index (χ1) is 5.33. The van der Waals surface area contributed by atoms with Crippen molar-refractivity contribution in [2.75, 3.05) is 7.11 Å². The number of hydrogen-bond donors (Lipinski definition) is 0. The smallest absolute Gasteiger partial charge is 0.330 e. The lowest BCUT2D eigenvalue weighted by Gasteiger charge is -1.86. The van der Waals surface area contributed by atoms with Crippen LogP contribution >= 0.6 is 11.3 Å². The molecule has 0 aliphatic carbocycles. The Bertz CT molecular complexity index is 253. The van der Waals surface area contributed by atoms with E-state index in [1.54, 1.807) is 17.8 Å². The molecule has 1 aromatic rings. The van der Waals surface area contributed by atoms with Crippen LogP contribution in [0.1, 0.15) is 4.88 Å². The van der Waals surface area contributed by atoms with E-state index in [1.165, 1.54) is 24.5 Å². The third-order valence-electron chi connectivity index (χ3n) is 1.04. The van der Waals surface area contributed by atoms with Crippen molar-refractivity contribution in [3.63, 3.8) is 0 Å². The standard InChI is InChI=1S/C7H7NO2S/c1-10-7(9)3-2-6-4-8-5-11-6/h2-5H,1H3. The maximum absolute atomic E-state index is 10.6. The van der Waals surface area contributed by atoms with Gasteiger partial charge in [0.2, 0.25) is 0 Å². The SMILES string of the molecule is COC(=O)C=Cc1cncs1. The first kappa shape index (κ1) is 7.94. The van der Waals surface area contributed by atoms with Crippen molar-refractivity contribution in [2.45, 2.75) is 0 Å². The van der Waals surface area contributed by atoms with E-state index in [2.05, 4.69) is 9.72 Å². The largest absolute Gasteiger partial charge is 0.466 e. The fraction of sp³-hybridized carbons (Fsp3) is 0.143. The molecule has 0 atom stereocenters. The third kappa shape index (κ3) is 2.51. The molecule has 1 rings (SSSR count). The van der Waals surface area contributed by atoms with E-state index < -0.39 is 0 Å². The Morgan fingerprint density at radius 3 is 3.18 bits per heavy atom. The maximum atomic E-state index is 10.6. The van der Waals surface area contributed by atoms with E-state index in [1.807, 2.05) is 0 Å². The summed E-state index contributed by atoms with van der Waals surface area (Å²) in [4.78, 5) is 15.4. The van der Waals surface area contributed by atoms with Gasteiger partial charge in [0.25, 0.3) is 0 Å². The summed E-state index contributed by atoms with van der Waals surface area (Å²) in [5, 5.41) is 0. The second-order valence-electron chi connectivity index (χ2n) is 1.76. The molecular formula is C7H7NO2S. The highest BCUT2D eigenvalue weighted by Crippen LogP contribution is 2.06. The van der Waals surface area contributed by atoms with Gasteiger partial charge in [0.15, 0.2) is 0 Å². The second-order valence-corrected chi connectivity index (χ2v) is 2.68. The Balaban J connectivity index is 2.55. The van der Waals surface area contributed by atoms with Gasteiger partial charge >= 0.3 is 5.97 Å². The normalized spacial score (nSPS) is 10.3. The highest BCUT2D eigenvalue weighted by molar-refractivity contribution is 7.10. The number of aromatic nitrogens is 1. The van der Waals surface area contributed by atoms with Crippen LogP contribution in [0.4, 0.5) is 0 Å². The molecule has 0 fully saturated rings. The lowest BCUT2D eigenvalue weighted by atomic mass is 10.4. The van der Waals surface area contributed by atoms with Crippen LogP contribution in [0.2, 0.25) is 0 Å². The van der Waals surface area contributed by atoms with E-state index in [4.69, 9.17) is 0 Å². The summed E-state index contributed by atoms with van der Waals surface area (Å²) in [6.07, 6.45) is 4.72. The molecule has 0 bridgehead atoms. The quantitative estimate of drug-likeness (QED) is 0.495. The zero-order valence-corrected chi connectivity index (χ0v) is 6.80. The monoisotopic (exact) mass is 169 g/mol. The van der Waals surface area contributed by atoms with Crippen molar-refractivity contribution in [3.8, 4) is 0 Å². The number of rotatable bonds is 2. The number of hydrogen-bond acceptors (Lipinski definition) is 4. The molecule has 1 heterocycles. The lowest BCUT2D eigenvalue weighted by Crippen LogP contribution is -1.92. The van der Waals surface area contributed by atoms with E-state index in [9.17, 15) is 4.79 Å². The Morgan fingerprint density at radius 1 is 1.82 bits per heavy atom. The van der Waals surface area contributed by atoms with Gasteiger partial charge in [-0.15, -0.1) is 11.3 Å². The number of esters is 1. The molecule has 0 amide bonds. The molecule has 0 unspecified atom stereocenters. The van der Waals surface area contributed by atoms with Gasteiger partial charge in [0, 0.05) is 17.2 Å². The summed E-state index contributed by atoms with van der Waals surface area (Å²) in [6, 6.07) is 0. The van der Waals surface area contributed by atoms with Crippen molar-refractivity contribution in [2.24, 2.45) is 0 Å². The Hall–Kier alpha value is -1.16. The molecule has 58 valence electrons. The number of ether oxygens (including phenoxy) is 1. The fourth-order valence-corrected chi connectivity index (χ4v) is 1.04. The molecule has 0 aliphatic heterocycles. The summed E-state index contributed by atoms with van der Waals surface area (Å²) in [6.45, 7) is 0. The van der Waals surface area contributed by atoms with E-state index in [0.29, 0.717) is 0 Å². The van der Waals surface area contributed by atoms with Crippen LogP contribution in [-0.4, -0.2) is 18.1 Å². The number of carbonyl (C=O) groups is 1. The molecule has 0 radical (unpaired) electrons. The van der Waals surface area contributed by atoms with Crippen LogP contribution in [0.5, 0.6) is 0 Å². The summed E-state index contributed by atoms with van der Waals surface area (Å²) >= 11 is 1.47. The molecule has 0 spiro atoms. The van der Waals surface area contributed by atoms with Crippen molar-refractivity contribution in [1.82, 2.24) is 4.98 Å². The average Bonchev–Trinajstić information content (AvgIpc) is 2.52. The van der Waals surface area contributed by atoms with Gasteiger partial charge in [-0.3, -0.25) is 4.98 Å². The summed E-state index contributed by atoms with van der Waals surface area (Å²) in [5.74, 6) is -0.349. The number of methoxy groups -OCH3 is 1. The predicted molar refractivity (Wildman–Crippen MR) is 43.2 cm³/mol. The van der Waals surface area contributed by atoms with Crippen LogP contribution in [0.3, 0.4) is 0 Å². The van der Waals surface area contributed by atoms with Crippen LogP contribution in [0.15, 0.2) is 17.8 Å². The Labute approximate surface area is 68.3 Å². The predicted octanol–water partition coefficient (Wildman–Crippen LogP) is 1.33. The molecule has 0 saturated carbocycles. The minimum Gasteiger partial charge on any atom is -0.466 e. The fourth-order valence-electron chi connectivity index (χ4n) is 0.526. The zero-order valence-electron chi connectivity index (χ0n) is 5.98. The van der Waals surface area contributed by atoms with E-state index in [0.717, 1.165) is 4.88 Å². The first-order valence-electron chi connectivity index (χ1n) is 2.97. The lowest BCUT2D eigenvalue weighted by molar-refractivity contribution is -0.134. The molecular weight excluding hydrogens is 162 g/mol. The van der Waals surface area contributed by atoms with Gasteiger partial charge in [0.05, 0.1) is 12.6 Å². The molecule has 0 aliphatic rings. The highest BCUT2D eigenvalue weighted by Gasteiger charge is 1.91. The van der Waals surface area contributed by atoms with Crippen molar-refractivity contribution in [3.05, 3.63) is 22.7 Å². The van der Waals surface area contributed by atoms with Gasteiger partial charge in [0.1, 0.15) is 0 Å². The highest BCUT2D eigenvalue weighted by atomic mass is 32.1. The Kier molecular flexibility index (Phi) is 2.80. The van der Waals surface area contributed by atoms with Gasteiger partial charge in [-0.25, -0.2) is 4.79 Å². The van der Waals surface area contributed by atoms with Gasteiger partial charge in [-0.05, 0) is 6.08 Å². The second kappa shape index (κ2) is 3.88. The molecule has 0 aromatic carbocycles. The van der Waals surface area contributed by atoms with Crippen LogP contribution in [0, 0.1) is 0 Å². The van der Waals surface area contributed by atoms with Crippen LogP contribution < -0.4 is 0 Å². The average molecular weight is 169 g/mol. The molecule has 4 heteroatoms. The first-order valence-corrected chi connectivity index (χ1v) is 3.85. The molecule has 0 saturated heterocycles. The van der Waals surface area contributed by atoms with E-state index in [-0.39, 0.29) is 5.97 Å². The van der Waals surface area contributed by atoms with Crippen LogP contribution in [-0.2, 0) is 9.53 Å². The third-order valence-corrected chi connectivity index (χ3v) is 1.78. The number of carbonyl (C=O) groups excluding carboxylic acids is 1. The van der Waals surface area contributed by atoms with Crippen LogP contribution in [0.25, 0.3) is 6.08 Å². The van der Waals surface area contributed by atoms with Gasteiger partial charge in [-0.2, -0.15) is 0 Å². The minimum atomic E-state index is -0.349. The number of thiazole rings is 1. The Morgan fingerprint density at radius 2 is 2.64 bits per heavy atom.